The van der Waals surface area contributed by atoms with Gasteiger partial charge < -0.3 is 9.64 Å². The van der Waals surface area contributed by atoms with E-state index in [-0.39, 0.29) is 11.6 Å². The molecule has 7 heteroatoms. The van der Waals surface area contributed by atoms with Crippen LogP contribution in [0.3, 0.4) is 0 Å². The van der Waals surface area contributed by atoms with E-state index in [2.05, 4.69) is 25.8 Å². The van der Waals surface area contributed by atoms with Crippen LogP contribution in [0.2, 0.25) is 0 Å². The minimum Gasteiger partial charge on any atom is -0.464 e. The molecule has 0 unspecified atom stereocenters. The topological polar surface area (TPSA) is 62.2 Å². The Labute approximate surface area is 132 Å². The molecule has 0 N–H and O–H groups in total. The Morgan fingerprint density at radius 1 is 1.24 bits per heavy atom. The van der Waals surface area contributed by atoms with E-state index in [4.69, 9.17) is 0 Å². The van der Waals surface area contributed by atoms with Crippen LogP contribution in [0.25, 0.3) is 0 Å². The van der Waals surface area contributed by atoms with Crippen molar-refractivity contribution in [2.75, 3.05) is 31.1 Å². The number of hydrogen-bond acceptors (Lipinski definition) is 5. The average Bonchev–Trinajstić information content (AvgIpc) is 2.44. The van der Waals surface area contributed by atoms with Crippen LogP contribution in [0.4, 0.5) is 11.4 Å². The Morgan fingerprint density at radius 2 is 1.86 bits per heavy atom. The van der Waals surface area contributed by atoms with E-state index in [0.29, 0.717) is 0 Å². The lowest BCUT2D eigenvalue weighted by Gasteiger charge is -2.19. The van der Waals surface area contributed by atoms with Crippen LogP contribution in [0.1, 0.15) is 13.8 Å². The predicted octanol–water partition coefficient (Wildman–Crippen LogP) is 2.42. The van der Waals surface area contributed by atoms with Gasteiger partial charge in [0, 0.05) is 31.2 Å². The molecule has 0 atom stereocenters. The lowest BCUT2D eigenvalue weighted by molar-refractivity contribution is -0.132. The molecule has 0 aliphatic heterocycles. The summed E-state index contributed by atoms with van der Waals surface area (Å²) in [5, 5.41) is 5.72. The smallest absolute Gasteiger partial charge is 0.353 e. The van der Waals surface area contributed by atoms with Crippen molar-refractivity contribution in [3.63, 3.8) is 0 Å². The van der Waals surface area contributed by atoms with Gasteiger partial charge in [-0.15, -0.1) is 0 Å². The van der Waals surface area contributed by atoms with Crippen LogP contribution in [0, 0.1) is 0 Å². The molecule has 0 saturated carbocycles. The minimum absolute atomic E-state index is 0.0532. The fourth-order valence-corrected chi connectivity index (χ4v) is 2.24. The van der Waals surface area contributed by atoms with Crippen LogP contribution < -0.4 is 9.91 Å². The Bertz CT molecular complexity index is 587. The van der Waals surface area contributed by atoms with Crippen molar-refractivity contribution in [1.29, 1.82) is 0 Å². The first-order chi connectivity index (χ1) is 9.77. The normalized spacial score (nSPS) is 11.0. The SMILES string of the molecule is COC(=O)/C(C)=N/N(C)c1ccc(N(C)C(C)=O)cc1Br. The highest BCUT2D eigenvalue weighted by Gasteiger charge is 2.12. The maximum atomic E-state index is 11.4. The van der Waals surface area contributed by atoms with Crippen molar-refractivity contribution >= 4 is 44.9 Å². The fourth-order valence-electron chi connectivity index (χ4n) is 1.62. The molecule has 1 aromatic carbocycles. The quantitative estimate of drug-likeness (QED) is 0.472. The lowest BCUT2D eigenvalue weighted by atomic mass is 10.2. The number of amides is 1. The highest BCUT2D eigenvalue weighted by Crippen LogP contribution is 2.30. The van der Waals surface area contributed by atoms with Gasteiger partial charge in [-0.25, -0.2) is 4.79 Å². The summed E-state index contributed by atoms with van der Waals surface area (Å²) in [4.78, 5) is 24.2. The fraction of sp³-hybridized carbons (Fsp3) is 0.357. The molecule has 0 bridgehead atoms. The molecule has 6 nitrogen and oxygen atoms in total. The van der Waals surface area contributed by atoms with Crippen molar-refractivity contribution in [3.05, 3.63) is 22.7 Å². The number of hydrogen-bond donors (Lipinski definition) is 0. The number of hydrazone groups is 1. The number of rotatable bonds is 4. The van der Waals surface area contributed by atoms with Crippen molar-refractivity contribution < 1.29 is 14.3 Å². The maximum absolute atomic E-state index is 11.4. The number of benzene rings is 1. The molecule has 0 radical (unpaired) electrons. The summed E-state index contributed by atoms with van der Waals surface area (Å²) >= 11 is 3.44. The number of methoxy groups -OCH3 is 1. The summed E-state index contributed by atoms with van der Waals surface area (Å²) in [6.07, 6.45) is 0. The molecule has 0 aliphatic carbocycles. The molecule has 0 aromatic heterocycles. The van der Waals surface area contributed by atoms with E-state index in [1.165, 1.54) is 18.9 Å². The van der Waals surface area contributed by atoms with Gasteiger partial charge in [-0.2, -0.15) is 5.10 Å². The van der Waals surface area contributed by atoms with Crippen molar-refractivity contribution in [3.8, 4) is 0 Å². The van der Waals surface area contributed by atoms with Gasteiger partial charge in [0.15, 0.2) is 0 Å². The number of carbonyl (C=O) groups is 2. The van der Waals surface area contributed by atoms with Gasteiger partial charge in [0.2, 0.25) is 5.91 Å². The molecule has 1 aromatic rings. The zero-order valence-corrected chi connectivity index (χ0v) is 14.3. The molecule has 0 fully saturated rings. The van der Waals surface area contributed by atoms with Crippen LogP contribution in [0.5, 0.6) is 0 Å². The number of halogens is 1. The highest BCUT2D eigenvalue weighted by molar-refractivity contribution is 9.10. The summed E-state index contributed by atoms with van der Waals surface area (Å²) in [7, 11) is 4.73. The molecule has 0 spiro atoms. The van der Waals surface area contributed by atoms with Crippen molar-refractivity contribution in [2.45, 2.75) is 13.8 Å². The molecular weight excluding hydrogens is 338 g/mol. The van der Waals surface area contributed by atoms with Crippen LogP contribution >= 0.6 is 15.9 Å². The third-order valence-electron chi connectivity index (χ3n) is 2.92. The largest absolute Gasteiger partial charge is 0.464 e. The first-order valence-electron chi connectivity index (χ1n) is 6.19. The molecule has 1 rings (SSSR count). The standard InChI is InChI=1S/C14H18BrN3O3/c1-9(14(20)21-5)16-18(4)13-7-6-11(8-12(13)15)17(3)10(2)19/h6-8H,1-5H3/b16-9+. The lowest BCUT2D eigenvalue weighted by Crippen LogP contribution is -2.23. The summed E-state index contributed by atoms with van der Waals surface area (Å²) in [6.45, 7) is 3.08. The van der Waals surface area contributed by atoms with Crippen molar-refractivity contribution in [2.24, 2.45) is 5.10 Å². The molecule has 0 saturated heterocycles. The molecule has 21 heavy (non-hydrogen) atoms. The molecule has 0 aliphatic rings. The van der Waals surface area contributed by atoms with Crippen LogP contribution in [-0.4, -0.2) is 38.8 Å². The summed E-state index contributed by atoms with van der Waals surface area (Å²) in [6, 6.07) is 5.43. The second kappa shape index (κ2) is 7.21. The number of esters is 1. The highest BCUT2D eigenvalue weighted by atomic mass is 79.9. The zero-order valence-electron chi connectivity index (χ0n) is 12.7. The van der Waals surface area contributed by atoms with E-state index < -0.39 is 5.97 Å². The van der Waals surface area contributed by atoms with E-state index >= 15 is 0 Å². The summed E-state index contributed by atoms with van der Waals surface area (Å²) < 4.78 is 5.36. The van der Waals surface area contributed by atoms with Crippen LogP contribution in [0.15, 0.2) is 27.8 Å². The second-order valence-corrected chi connectivity index (χ2v) is 5.27. The first-order valence-corrected chi connectivity index (χ1v) is 6.98. The van der Waals surface area contributed by atoms with Crippen LogP contribution in [-0.2, 0) is 14.3 Å². The Kier molecular flexibility index (Phi) is 5.90. The van der Waals surface area contributed by atoms with Gasteiger partial charge >= 0.3 is 5.97 Å². The number of nitrogens with zero attached hydrogens (tertiary/aromatic N) is 3. The third-order valence-corrected chi connectivity index (χ3v) is 3.56. The minimum atomic E-state index is -0.481. The van der Waals surface area contributed by atoms with Gasteiger partial charge in [-0.3, -0.25) is 9.80 Å². The van der Waals surface area contributed by atoms with Gasteiger partial charge in [-0.1, -0.05) is 0 Å². The average molecular weight is 356 g/mol. The summed E-state index contributed by atoms with van der Waals surface area (Å²) in [5.41, 5.74) is 1.77. The van der Waals surface area contributed by atoms with E-state index in [0.717, 1.165) is 15.8 Å². The molecular formula is C14H18BrN3O3. The monoisotopic (exact) mass is 355 g/mol. The van der Waals surface area contributed by atoms with Gasteiger partial charge in [0.05, 0.1) is 12.8 Å². The van der Waals surface area contributed by atoms with Gasteiger partial charge in [0.25, 0.3) is 0 Å². The predicted molar refractivity (Wildman–Crippen MR) is 86.8 cm³/mol. The third kappa shape index (κ3) is 4.29. The van der Waals surface area contributed by atoms with E-state index in [9.17, 15) is 9.59 Å². The zero-order chi connectivity index (χ0) is 16.2. The number of ether oxygens (including phenoxy) is 1. The Morgan fingerprint density at radius 3 is 2.33 bits per heavy atom. The number of carbonyl (C=O) groups excluding carboxylic acids is 2. The molecule has 1 amide bonds. The first kappa shape index (κ1) is 17.2. The van der Waals surface area contributed by atoms with E-state index in [1.807, 2.05) is 12.1 Å². The Balaban J connectivity index is 3.05. The molecule has 114 valence electrons. The second-order valence-electron chi connectivity index (χ2n) is 4.41. The van der Waals surface area contributed by atoms with Gasteiger partial charge in [-0.05, 0) is 41.1 Å². The van der Waals surface area contributed by atoms with Gasteiger partial charge in [0.1, 0.15) is 5.71 Å². The Hall–Kier alpha value is -1.89. The van der Waals surface area contributed by atoms with E-state index in [1.54, 1.807) is 32.1 Å². The van der Waals surface area contributed by atoms with Crippen molar-refractivity contribution in [1.82, 2.24) is 0 Å². The summed E-state index contributed by atoms with van der Waals surface area (Å²) in [5.74, 6) is -0.534. The number of anilines is 2. The molecule has 0 heterocycles. The maximum Gasteiger partial charge on any atom is 0.353 e.